The van der Waals surface area contributed by atoms with Gasteiger partial charge < -0.3 is 20.1 Å². The zero-order valence-electron chi connectivity index (χ0n) is 22.8. The zero-order chi connectivity index (χ0) is 27.8. The van der Waals surface area contributed by atoms with Crippen molar-refractivity contribution in [1.82, 2.24) is 15.1 Å². The first-order valence-electron chi connectivity index (χ1n) is 13.8. The Bertz CT molecular complexity index is 1230. The Morgan fingerprint density at radius 2 is 1.92 bits per heavy atom. The number of esters is 1. The highest BCUT2D eigenvalue weighted by atomic mass is 127. The summed E-state index contributed by atoms with van der Waals surface area (Å²) in [5.74, 6) is -0.481. The molecule has 1 aromatic heterocycles. The molecule has 2 saturated carbocycles. The summed E-state index contributed by atoms with van der Waals surface area (Å²) in [6.45, 7) is 5.10. The Morgan fingerprint density at radius 3 is 2.44 bits per heavy atom. The summed E-state index contributed by atoms with van der Waals surface area (Å²) in [6, 6.07) is 8.99. The average Bonchev–Trinajstić information content (AvgIpc) is 3.25. The molecule has 39 heavy (non-hydrogen) atoms. The van der Waals surface area contributed by atoms with Crippen molar-refractivity contribution in [2.75, 3.05) is 25.1 Å². The van der Waals surface area contributed by atoms with Crippen molar-refractivity contribution in [2.45, 2.75) is 61.3 Å². The van der Waals surface area contributed by atoms with Gasteiger partial charge in [0.25, 0.3) is 11.8 Å². The Morgan fingerprint density at radius 1 is 1.21 bits per heavy atom. The third-order valence-electron chi connectivity index (χ3n) is 8.90. The molecule has 2 aromatic rings. The highest BCUT2D eigenvalue weighted by Crippen LogP contribution is 2.62. The van der Waals surface area contributed by atoms with Crippen LogP contribution in [0.3, 0.4) is 0 Å². The van der Waals surface area contributed by atoms with Gasteiger partial charge in [0.05, 0.1) is 13.2 Å². The first-order chi connectivity index (χ1) is 18.6. The number of carbonyl (C=O) groups excluding carboxylic acids is 3. The molecular weight excluding hydrogens is 611 g/mol. The Kier molecular flexibility index (Phi) is 7.80. The third-order valence-corrected chi connectivity index (χ3v) is 10.3. The van der Waals surface area contributed by atoms with Crippen molar-refractivity contribution in [3.05, 3.63) is 47.8 Å². The molecule has 9 nitrogen and oxygen atoms in total. The number of aryl methyl sites for hydroxylation is 1. The fraction of sp³-hybridized carbons (Fsp3) is 0.586. The topological polar surface area (TPSA) is 112 Å². The quantitative estimate of drug-likeness (QED) is 0.172. The van der Waals surface area contributed by atoms with Gasteiger partial charge in [0.2, 0.25) is 0 Å². The van der Waals surface area contributed by atoms with Gasteiger partial charge in [-0.25, -0.2) is 0 Å². The second kappa shape index (κ2) is 10.8. The number of amides is 2. The van der Waals surface area contributed by atoms with Crippen molar-refractivity contribution < 1.29 is 23.9 Å². The molecule has 3 fully saturated rings. The van der Waals surface area contributed by atoms with Crippen LogP contribution in [0.1, 0.15) is 68.4 Å². The predicted molar refractivity (Wildman–Crippen MR) is 154 cm³/mol. The number of alkyl halides is 1. The molecule has 5 rings (SSSR count). The summed E-state index contributed by atoms with van der Waals surface area (Å²) in [4.78, 5) is 40.4. The molecule has 3 unspecified atom stereocenters. The van der Waals surface area contributed by atoms with E-state index in [1.807, 2.05) is 24.3 Å². The number of anilines is 1. The number of rotatable bonds is 10. The number of benzene rings is 1. The molecule has 2 aliphatic carbocycles. The molecule has 1 aromatic carbocycles. The smallest absolute Gasteiger partial charge is 0.319 e. The van der Waals surface area contributed by atoms with Crippen LogP contribution in [0, 0.1) is 17.3 Å². The lowest BCUT2D eigenvalue weighted by atomic mass is 9.66. The van der Waals surface area contributed by atoms with Crippen molar-refractivity contribution in [2.24, 2.45) is 24.3 Å². The van der Waals surface area contributed by atoms with E-state index in [1.54, 1.807) is 26.2 Å². The van der Waals surface area contributed by atoms with E-state index in [0.29, 0.717) is 36.9 Å². The van der Waals surface area contributed by atoms with E-state index in [2.05, 4.69) is 45.2 Å². The number of nitrogens with zero attached hydrogens (tertiary/aromatic N) is 2. The summed E-state index contributed by atoms with van der Waals surface area (Å²) >= 11 is 2.19. The number of ether oxygens (including phenoxy) is 2. The molecule has 1 saturated heterocycles. The van der Waals surface area contributed by atoms with Gasteiger partial charge in [-0.2, -0.15) is 5.10 Å². The maximum Gasteiger partial charge on any atom is 0.319 e. The lowest BCUT2D eigenvalue weighted by Gasteiger charge is -2.46. The van der Waals surface area contributed by atoms with Crippen molar-refractivity contribution in [1.29, 1.82) is 0 Å². The predicted octanol–water partition coefficient (Wildman–Crippen LogP) is 4.36. The van der Waals surface area contributed by atoms with Gasteiger partial charge in [-0.1, -0.05) is 38.3 Å². The first kappa shape index (κ1) is 28.1. The van der Waals surface area contributed by atoms with Crippen LogP contribution in [0.5, 0.6) is 0 Å². The van der Waals surface area contributed by atoms with Crippen LogP contribution in [0.25, 0.3) is 0 Å². The fourth-order valence-corrected chi connectivity index (χ4v) is 7.83. The summed E-state index contributed by atoms with van der Waals surface area (Å²) in [7, 11) is 1.72. The molecule has 3 atom stereocenters. The molecular formula is C29H37IN4O5. The van der Waals surface area contributed by atoms with Crippen LogP contribution >= 0.6 is 22.6 Å². The molecule has 2 heterocycles. The minimum absolute atomic E-state index is 0.00137. The molecule has 0 radical (unpaired) electrons. The van der Waals surface area contributed by atoms with Gasteiger partial charge in [0, 0.05) is 31.5 Å². The Hall–Kier alpha value is -2.47. The van der Waals surface area contributed by atoms with E-state index in [4.69, 9.17) is 9.47 Å². The minimum atomic E-state index is -1.15. The molecule has 10 heteroatoms. The highest BCUT2D eigenvalue weighted by molar-refractivity contribution is 14.1. The largest absolute Gasteiger partial charge is 0.465 e. The van der Waals surface area contributed by atoms with Crippen molar-refractivity contribution in [3.8, 4) is 0 Å². The normalized spacial score (nSPS) is 24.2. The van der Waals surface area contributed by atoms with Crippen molar-refractivity contribution >= 4 is 46.1 Å². The van der Waals surface area contributed by atoms with E-state index in [1.165, 1.54) is 4.68 Å². The monoisotopic (exact) mass is 648 g/mol. The number of aromatic nitrogens is 2. The van der Waals surface area contributed by atoms with E-state index in [9.17, 15) is 14.4 Å². The molecule has 1 aliphatic heterocycles. The van der Waals surface area contributed by atoms with Crippen LogP contribution in [-0.4, -0.2) is 50.9 Å². The van der Waals surface area contributed by atoms with Crippen LogP contribution in [0.2, 0.25) is 0 Å². The SMILES string of the molecule is CCOC(=O)C1(c2ccc(NC(=O)C(I)(NC(=O)c3ccnn3C)C(C3CCC3)C3(C)CC3)cc2)CCOC1. The lowest BCUT2D eigenvalue weighted by Crippen LogP contribution is -2.61. The standard InChI is InChI=1S/C29H37IN4O5/c1-4-39-26(37)28(15-17-38-18-28)20-8-10-21(11-9-20)32-25(36)29(30,33-24(35)22-12-16-31-34(22)3)23(19-6-5-7-19)27(2)13-14-27/h8-12,16,19,23H,4-7,13-15,17-18H2,1-3H3,(H,32,36)(H,33,35). The number of carbonyl (C=O) groups is 3. The molecule has 210 valence electrons. The summed E-state index contributed by atoms with van der Waals surface area (Å²) in [5, 5.41) is 10.4. The summed E-state index contributed by atoms with van der Waals surface area (Å²) in [6.07, 6.45) is 7.49. The van der Waals surface area contributed by atoms with Gasteiger partial charge in [-0.3, -0.25) is 19.1 Å². The van der Waals surface area contributed by atoms with Crippen molar-refractivity contribution in [3.63, 3.8) is 0 Å². The van der Waals surface area contributed by atoms with E-state index in [0.717, 1.165) is 37.7 Å². The number of halogens is 1. The van der Waals surface area contributed by atoms with E-state index in [-0.39, 0.29) is 35.7 Å². The summed E-state index contributed by atoms with van der Waals surface area (Å²) < 4.78 is 11.3. The zero-order valence-corrected chi connectivity index (χ0v) is 25.0. The van der Waals surface area contributed by atoms with Gasteiger partial charge in [-0.05, 0) is 83.9 Å². The van der Waals surface area contributed by atoms with Gasteiger partial charge in [0.15, 0.2) is 3.55 Å². The maximum atomic E-state index is 14.1. The highest BCUT2D eigenvalue weighted by Gasteiger charge is 2.61. The average molecular weight is 649 g/mol. The second-order valence-corrected chi connectivity index (χ2v) is 13.2. The van der Waals surface area contributed by atoms with E-state index >= 15 is 0 Å². The third kappa shape index (κ3) is 5.21. The van der Waals surface area contributed by atoms with Crippen LogP contribution in [0.4, 0.5) is 5.69 Å². The first-order valence-corrected chi connectivity index (χ1v) is 14.9. The number of hydrogen-bond donors (Lipinski definition) is 2. The van der Waals surface area contributed by atoms with Crippen LogP contribution < -0.4 is 10.6 Å². The molecule has 2 amide bonds. The molecule has 3 aliphatic rings. The molecule has 0 spiro atoms. The second-order valence-electron chi connectivity index (χ2n) is 11.5. The Balaban J connectivity index is 1.42. The van der Waals surface area contributed by atoms with Gasteiger partial charge in [0.1, 0.15) is 11.1 Å². The number of nitrogens with one attached hydrogen (secondary N) is 2. The minimum Gasteiger partial charge on any atom is -0.465 e. The number of hydrogen-bond acceptors (Lipinski definition) is 6. The van der Waals surface area contributed by atoms with Gasteiger partial charge in [-0.15, -0.1) is 0 Å². The molecule has 0 bridgehead atoms. The Labute approximate surface area is 242 Å². The van der Waals surface area contributed by atoms with Crippen LogP contribution in [-0.2, 0) is 31.5 Å². The van der Waals surface area contributed by atoms with Crippen LogP contribution in [0.15, 0.2) is 36.5 Å². The van der Waals surface area contributed by atoms with E-state index < -0.39 is 8.96 Å². The maximum absolute atomic E-state index is 14.1. The summed E-state index contributed by atoms with van der Waals surface area (Å²) in [5.41, 5.74) is 0.982. The lowest BCUT2D eigenvalue weighted by molar-refractivity contribution is -0.150. The molecule has 2 N–H and O–H groups in total. The fourth-order valence-electron chi connectivity index (χ4n) is 6.19. The van der Waals surface area contributed by atoms with Gasteiger partial charge >= 0.3 is 5.97 Å².